The van der Waals surface area contributed by atoms with Gasteiger partial charge >= 0.3 is 0 Å². The minimum atomic E-state index is -4.72. The minimum absolute atomic E-state index is 0.0654. The number of rotatable bonds is 2. The Morgan fingerprint density at radius 2 is 1.06 bits per heavy atom. The molecule has 5 heterocycles. The van der Waals surface area contributed by atoms with E-state index >= 15 is 0 Å². The Hall–Kier alpha value is -5.68. The SMILES string of the molecule is O=S(=O)(O)c1cccc2c1C1N=C2N=c2[nH]/c(c3c(S(=O)(=O)O)cccc23)=N\C2N=C(N=c3[nH]/c(c4ccccc34)=N\1)c1ccccc12. The predicted octanol–water partition coefficient (Wildman–Crippen LogP) is 2.25. The fraction of sp³-hybridized carbons (Fsp3) is 0.0625. The highest BCUT2D eigenvalue weighted by Gasteiger charge is 2.32. The van der Waals surface area contributed by atoms with Crippen molar-refractivity contribution in [3.05, 3.63) is 129 Å². The summed E-state index contributed by atoms with van der Waals surface area (Å²) in [7, 11) is -9.43. The molecule has 2 atom stereocenters. The number of aliphatic imine (C=N–C) groups is 2. The van der Waals surface area contributed by atoms with Crippen molar-refractivity contribution in [1.82, 2.24) is 9.97 Å². The zero-order chi connectivity index (χ0) is 32.9. The number of nitrogens with one attached hydrogen (secondary N) is 2. The second-order valence-corrected chi connectivity index (χ2v) is 14.0. The number of benzene rings is 4. The van der Waals surface area contributed by atoms with E-state index in [0.29, 0.717) is 38.5 Å². The molecular formula is C32H20N8O6S2. The Morgan fingerprint density at radius 1 is 0.521 bits per heavy atom. The third-order valence-corrected chi connectivity index (χ3v) is 10.3. The van der Waals surface area contributed by atoms with Gasteiger partial charge in [0.25, 0.3) is 20.2 Å². The van der Waals surface area contributed by atoms with E-state index in [1.54, 1.807) is 12.1 Å². The van der Waals surface area contributed by atoms with Crippen molar-refractivity contribution < 1.29 is 25.9 Å². The van der Waals surface area contributed by atoms with Crippen LogP contribution in [0.3, 0.4) is 0 Å². The van der Waals surface area contributed by atoms with Crippen molar-refractivity contribution in [1.29, 1.82) is 0 Å². The molecule has 2 unspecified atom stereocenters. The fourth-order valence-corrected chi connectivity index (χ4v) is 7.89. The summed E-state index contributed by atoms with van der Waals surface area (Å²) in [5.41, 5.74) is 2.83. The van der Waals surface area contributed by atoms with Gasteiger partial charge in [0.2, 0.25) is 0 Å². The largest absolute Gasteiger partial charge is 0.324 e. The summed E-state index contributed by atoms with van der Waals surface area (Å²) in [5, 5.41) is 1.78. The molecule has 0 amide bonds. The van der Waals surface area contributed by atoms with E-state index in [1.807, 2.05) is 48.5 Å². The lowest BCUT2D eigenvalue weighted by Crippen LogP contribution is -2.15. The average molecular weight is 677 g/mol. The van der Waals surface area contributed by atoms with Crippen LogP contribution in [0.2, 0.25) is 0 Å². The summed E-state index contributed by atoms with van der Waals surface area (Å²) in [5.74, 6) is 0.427. The summed E-state index contributed by atoms with van der Waals surface area (Å²) < 4.78 is 70.7. The number of fused-ring (bicyclic) bond motifs is 18. The topological polar surface area (TPSA) is 214 Å². The average Bonchev–Trinajstić information content (AvgIpc) is 3.79. The maximum atomic E-state index is 12.6. The molecular weight excluding hydrogens is 657 g/mol. The fourth-order valence-electron chi connectivity index (χ4n) is 6.43. The molecule has 3 aliphatic heterocycles. The number of aromatic nitrogens is 2. The Morgan fingerprint density at radius 3 is 1.83 bits per heavy atom. The van der Waals surface area contributed by atoms with Gasteiger partial charge in [-0.3, -0.25) is 9.11 Å². The lowest BCUT2D eigenvalue weighted by molar-refractivity contribution is 0.480. The summed E-state index contributed by atoms with van der Waals surface area (Å²) in [6, 6.07) is 23.4. The van der Waals surface area contributed by atoms with E-state index in [2.05, 4.69) is 9.97 Å². The number of hydrogen-bond donors (Lipinski definition) is 4. The first-order valence-electron chi connectivity index (χ1n) is 14.5. The van der Waals surface area contributed by atoms with Gasteiger partial charge in [-0.25, -0.2) is 30.0 Å². The Bertz CT molecular complexity index is 2980. The Kier molecular flexibility index (Phi) is 5.89. The maximum Gasteiger partial charge on any atom is 0.295 e. The zero-order valence-electron chi connectivity index (χ0n) is 24.3. The van der Waals surface area contributed by atoms with E-state index in [1.165, 1.54) is 24.3 Å². The molecule has 48 heavy (non-hydrogen) atoms. The monoisotopic (exact) mass is 676 g/mol. The van der Waals surface area contributed by atoms with Crippen LogP contribution >= 0.6 is 0 Å². The third-order valence-electron chi connectivity index (χ3n) is 8.46. The molecule has 14 nitrogen and oxygen atoms in total. The molecule has 0 saturated heterocycles. The summed E-state index contributed by atoms with van der Waals surface area (Å²) in [4.78, 5) is 34.4. The van der Waals surface area contributed by atoms with Crippen LogP contribution in [-0.2, 0) is 20.2 Å². The number of H-pyrrole nitrogens is 2. The van der Waals surface area contributed by atoms with Crippen molar-refractivity contribution in [2.45, 2.75) is 22.1 Å². The van der Waals surface area contributed by atoms with Gasteiger partial charge in [0.05, 0.1) is 0 Å². The number of nitrogens with zero attached hydrogens (tertiary/aromatic N) is 6. The predicted molar refractivity (Wildman–Crippen MR) is 172 cm³/mol. The van der Waals surface area contributed by atoms with Crippen LogP contribution in [0, 0.1) is 0 Å². The van der Waals surface area contributed by atoms with Crippen molar-refractivity contribution >= 4 is 53.5 Å². The van der Waals surface area contributed by atoms with Crippen LogP contribution in [-0.4, -0.2) is 47.6 Å². The number of hydrogen-bond acceptors (Lipinski definition) is 10. The molecule has 3 aliphatic rings. The van der Waals surface area contributed by atoms with E-state index in [0.717, 1.165) is 5.56 Å². The Labute approximate surface area is 269 Å². The zero-order valence-corrected chi connectivity index (χ0v) is 25.9. The second-order valence-electron chi connectivity index (χ2n) is 11.3. The van der Waals surface area contributed by atoms with E-state index < -0.39 is 37.5 Å². The second kappa shape index (κ2) is 9.91. The summed E-state index contributed by atoms with van der Waals surface area (Å²) in [6.45, 7) is 0. The smallest absolute Gasteiger partial charge is 0.295 e. The lowest BCUT2D eigenvalue weighted by atomic mass is 10.1. The highest BCUT2D eigenvalue weighted by atomic mass is 32.2. The molecule has 0 radical (unpaired) electrons. The maximum absolute atomic E-state index is 12.6. The molecule has 4 aromatic carbocycles. The minimum Gasteiger partial charge on any atom is -0.324 e. The molecule has 8 bridgehead atoms. The molecule has 9 rings (SSSR count). The quantitative estimate of drug-likeness (QED) is 0.202. The Balaban J connectivity index is 1.47. The number of aromatic amines is 2. The van der Waals surface area contributed by atoms with Gasteiger partial charge < -0.3 is 9.97 Å². The van der Waals surface area contributed by atoms with E-state index in [4.69, 9.17) is 30.0 Å². The number of amidine groups is 2. The van der Waals surface area contributed by atoms with Gasteiger partial charge in [-0.2, -0.15) is 16.8 Å². The van der Waals surface area contributed by atoms with Crippen LogP contribution in [0.1, 0.15) is 34.6 Å². The first-order chi connectivity index (χ1) is 23.0. The van der Waals surface area contributed by atoms with Crippen LogP contribution < -0.4 is 22.0 Å². The van der Waals surface area contributed by atoms with Crippen molar-refractivity contribution in [3.8, 4) is 0 Å². The van der Waals surface area contributed by atoms with Gasteiger partial charge in [0, 0.05) is 43.8 Å². The van der Waals surface area contributed by atoms with Crippen LogP contribution in [0.15, 0.2) is 125 Å². The molecule has 0 aliphatic carbocycles. The standard InChI is InChI=1S/C32H20N8O6S2/c41-47(42,43)21-13-5-11-19-23(21)31-37-27-17-9-3-1-7-15(17)25(34-27)33-26-16-8-2-4-10-18(16)28(35-26)38-32-24-20(30(40-32)36-29(19)39-31)12-6-14-22(24)48(44,45)46/h1-14,27,32H,(H,41,42,43)(H,44,45,46)(H,33,34,35,38)(H,36,37,39,40). The van der Waals surface area contributed by atoms with Crippen molar-refractivity contribution in [2.75, 3.05) is 0 Å². The van der Waals surface area contributed by atoms with Gasteiger partial charge in [0.1, 0.15) is 31.7 Å². The molecule has 0 fully saturated rings. The molecule has 236 valence electrons. The molecule has 0 spiro atoms. The van der Waals surface area contributed by atoms with Gasteiger partial charge in [-0.05, 0) is 12.1 Å². The molecule has 2 aromatic heterocycles. The van der Waals surface area contributed by atoms with Gasteiger partial charge in [-0.15, -0.1) is 0 Å². The summed E-state index contributed by atoms with van der Waals surface area (Å²) in [6.07, 6.45) is -2.00. The van der Waals surface area contributed by atoms with Crippen LogP contribution in [0.4, 0.5) is 0 Å². The molecule has 4 N–H and O–H groups in total. The molecule has 6 aromatic rings. The first-order valence-corrected chi connectivity index (χ1v) is 17.4. The highest BCUT2D eigenvalue weighted by Crippen LogP contribution is 2.36. The third kappa shape index (κ3) is 4.31. The molecule has 16 heteroatoms. The lowest BCUT2D eigenvalue weighted by Gasteiger charge is -2.08. The van der Waals surface area contributed by atoms with Crippen molar-refractivity contribution in [3.63, 3.8) is 0 Å². The normalized spacial score (nSPS) is 19.6. The molecule has 0 saturated carbocycles. The van der Waals surface area contributed by atoms with Gasteiger partial charge in [-0.1, -0.05) is 72.8 Å². The van der Waals surface area contributed by atoms with Gasteiger partial charge in [0.15, 0.2) is 24.0 Å². The first kappa shape index (κ1) is 28.5. The van der Waals surface area contributed by atoms with E-state index in [9.17, 15) is 25.9 Å². The van der Waals surface area contributed by atoms with Crippen molar-refractivity contribution in [2.24, 2.45) is 30.0 Å². The van der Waals surface area contributed by atoms with Crippen LogP contribution in [0.25, 0.3) is 21.5 Å². The summed E-state index contributed by atoms with van der Waals surface area (Å²) >= 11 is 0. The van der Waals surface area contributed by atoms with E-state index in [-0.39, 0.29) is 38.2 Å². The van der Waals surface area contributed by atoms with Crippen LogP contribution in [0.5, 0.6) is 0 Å². The highest BCUT2D eigenvalue weighted by molar-refractivity contribution is 7.86.